The van der Waals surface area contributed by atoms with Crippen LogP contribution in [0.3, 0.4) is 0 Å². The fourth-order valence-corrected chi connectivity index (χ4v) is 2.96. The number of rotatable bonds is 9. The number of nitrogens with zero attached hydrogens (tertiary/aromatic N) is 2. The van der Waals surface area contributed by atoms with Gasteiger partial charge >= 0.3 is 5.97 Å². The van der Waals surface area contributed by atoms with Crippen molar-refractivity contribution in [2.24, 2.45) is 0 Å². The van der Waals surface area contributed by atoms with E-state index in [0.717, 1.165) is 0 Å². The van der Waals surface area contributed by atoms with E-state index in [1.807, 2.05) is 48.5 Å². The van der Waals surface area contributed by atoms with Crippen molar-refractivity contribution in [1.82, 2.24) is 9.78 Å². The molecule has 3 rings (SSSR count). The molecular formula is C23H23N3O4. The SMILES string of the molecule is CCOC(=O)c1cnn(-c2ccccc2)c1NC(=O)CCCC(=O)c1ccccc1. The molecule has 3 aromatic rings. The highest BCUT2D eigenvalue weighted by Gasteiger charge is 2.21. The molecule has 7 nitrogen and oxygen atoms in total. The Balaban J connectivity index is 1.69. The van der Waals surface area contributed by atoms with E-state index < -0.39 is 5.97 Å². The zero-order valence-electron chi connectivity index (χ0n) is 16.7. The Morgan fingerprint density at radius 1 is 0.967 bits per heavy atom. The monoisotopic (exact) mass is 405 g/mol. The minimum atomic E-state index is -0.561. The van der Waals surface area contributed by atoms with Crippen LogP contribution in [0.1, 0.15) is 46.9 Å². The zero-order chi connectivity index (χ0) is 21.3. The first-order valence-corrected chi connectivity index (χ1v) is 9.78. The lowest BCUT2D eigenvalue weighted by molar-refractivity contribution is -0.116. The Kier molecular flexibility index (Phi) is 7.10. The fraction of sp³-hybridized carbons (Fsp3) is 0.217. The van der Waals surface area contributed by atoms with E-state index >= 15 is 0 Å². The summed E-state index contributed by atoms with van der Waals surface area (Å²) >= 11 is 0. The van der Waals surface area contributed by atoms with Gasteiger partial charge in [0.2, 0.25) is 5.91 Å². The molecule has 0 unspecified atom stereocenters. The molecule has 0 aliphatic heterocycles. The molecule has 0 radical (unpaired) electrons. The Hall–Kier alpha value is -3.74. The number of benzene rings is 2. The summed E-state index contributed by atoms with van der Waals surface area (Å²) in [6.07, 6.45) is 2.17. The van der Waals surface area contributed by atoms with Gasteiger partial charge < -0.3 is 10.1 Å². The maximum absolute atomic E-state index is 12.5. The summed E-state index contributed by atoms with van der Waals surface area (Å²) in [5.41, 5.74) is 1.50. The molecular weight excluding hydrogens is 382 g/mol. The number of carbonyl (C=O) groups excluding carboxylic acids is 3. The van der Waals surface area contributed by atoms with Crippen molar-refractivity contribution >= 4 is 23.5 Å². The molecule has 1 amide bonds. The standard InChI is InChI=1S/C23H23N3O4/c1-2-30-23(29)19-16-24-26(18-12-7-4-8-13-18)22(19)25-21(28)15-9-14-20(27)17-10-5-3-6-11-17/h3-8,10-13,16H,2,9,14-15H2,1H3,(H,25,28). The Morgan fingerprint density at radius 2 is 1.63 bits per heavy atom. The van der Waals surface area contributed by atoms with E-state index in [4.69, 9.17) is 4.74 Å². The zero-order valence-corrected chi connectivity index (χ0v) is 16.7. The van der Waals surface area contributed by atoms with E-state index in [1.165, 1.54) is 10.9 Å². The van der Waals surface area contributed by atoms with Crippen LogP contribution in [0.25, 0.3) is 5.69 Å². The summed E-state index contributed by atoms with van der Waals surface area (Å²) < 4.78 is 6.56. The van der Waals surface area contributed by atoms with E-state index in [2.05, 4.69) is 10.4 Å². The van der Waals surface area contributed by atoms with Gasteiger partial charge in [-0.05, 0) is 25.5 Å². The van der Waals surface area contributed by atoms with Gasteiger partial charge in [-0.25, -0.2) is 9.48 Å². The van der Waals surface area contributed by atoms with Gasteiger partial charge in [0.05, 0.1) is 18.5 Å². The average Bonchev–Trinajstić information content (AvgIpc) is 3.18. The largest absolute Gasteiger partial charge is 0.462 e. The lowest BCUT2D eigenvalue weighted by Crippen LogP contribution is -2.18. The smallest absolute Gasteiger partial charge is 0.343 e. The number of anilines is 1. The van der Waals surface area contributed by atoms with Crippen molar-refractivity contribution in [3.05, 3.63) is 78.0 Å². The molecule has 1 N–H and O–H groups in total. The summed E-state index contributed by atoms with van der Waals surface area (Å²) in [5, 5.41) is 7.00. The second-order valence-corrected chi connectivity index (χ2v) is 6.57. The van der Waals surface area contributed by atoms with Crippen molar-refractivity contribution in [2.45, 2.75) is 26.2 Å². The average molecular weight is 405 g/mol. The molecule has 0 atom stereocenters. The van der Waals surface area contributed by atoms with Crippen LogP contribution in [-0.2, 0) is 9.53 Å². The number of carbonyl (C=O) groups is 3. The maximum atomic E-state index is 12.5. The van der Waals surface area contributed by atoms with Crippen molar-refractivity contribution in [2.75, 3.05) is 11.9 Å². The third kappa shape index (κ3) is 5.20. The van der Waals surface area contributed by atoms with Crippen molar-refractivity contribution in [3.63, 3.8) is 0 Å². The minimum absolute atomic E-state index is 0.00931. The number of esters is 1. The summed E-state index contributed by atoms with van der Waals surface area (Å²) in [6.45, 7) is 1.92. The summed E-state index contributed by atoms with van der Waals surface area (Å²) in [4.78, 5) is 37.0. The number of ketones is 1. The fourth-order valence-electron chi connectivity index (χ4n) is 2.96. The van der Waals surface area contributed by atoms with Gasteiger partial charge in [0, 0.05) is 18.4 Å². The molecule has 0 spiro atoms. The van der Waals surface area contributed by atoms with Crippen molar-refractivity contribution in [1.29, 1.82) is 0 Å². The van der Waals surface area contributed by atoms with Crippen LogP contribution < -0.4 is 5.32 Å². The minimum Gasteiger partial charge on any atom is -0.462 e. The predicted molar refractivity (Wildman–Crippen MR) is 113 cm³/mol. The molecule has 0 aliphatic rings. The van der Waals surface area contributed by atoms with Gasteiger partial charge in [-0.2, -0.15) is 5.10 Å². The predicted octanol–water partition coefficient (Wildman–Crippen LogP) is 4.04. The Labute approximate surface area is 174 Å². The van der Waals surface area contributed by atoms with Crippen LogP contribution >= 0.6 is 0 Å². The first-order chi connectivity index (χ1) is 14.6. The van der Waals surface area contributed by atoms with Crippen LogP contribution in [0, 0.1) is 0 Å². The molecule has 0 bridgehead atoms. The lowest BCUT2D eigenvalue weighted by atomic mass is 10.1. The van der Waals surface area contributed by atoms with E-state index in [9.17, 15) is 14.4 Å². The van der Waals surface area contributed by atoms with Gasteiger partial charge in [-0.3, -0.25) is 9.59 Å². The third-order valence-electron chi connectivity index (χ3n) is 4.43. The molecule has 1 aromatic heterocycles. The number of nitrogens with one attached hydrogen (secondary N) is 1. The second-order valence-electron chi connectivity index (χ2n) is 6.57. The van der Waals surface area contributed by atoms with Gasteiger partial charge in [0.25, 0.3) is 0 Å². The van der Waals surface area contributed by atoms with Crippen LogP contribution in [0.4, 0.5) is 5.82 Å². The van der Waals surface area contributed by atoms with E-state index in [-0.39, 0.29) is 42.5 Å². The van der Waals surface area contributed by atoms with Gasteiger partial charge in [-0.1, -0.05) is 48.5 Å². The van der Waals surface area contributed by atoms with Gasteiger partial charge in [-0.15, -0.1) is 0 Å². The summed E-state index contributed by atoms with van der Waals surface area (Å²) in [5.74, 6) is -0.627. The normalized spacial score (nSPS) is 10.4. The Bertz CT molecular complexity index is 1010. The number of para-hydroxylation sites is 1. The summed E-state index contributed by atoms with van der Waals surface area (Å²) in [7, 11) is 0. The van der Waals surface area contributed by atoms with E-state index in [1.54, 1.807) is 19.1 Å². The number of hydrogen-bond donors (Lipinski definition) is 1. The molecule has 0 fully saturated rings. The molecule has 0 aliphatic carbocycles. The van der Waals surface area contributed by atoms with Crippen LogP contribution in [0.15, 0.2) is 66.9 Å². The van der Waals surface area contributed by atoms with Crippen LogP contribution in [-0.4, -0.2) is 34.0 Å². The number of amides is 1. The molecule has 0 saturated heterocycles. The number of Topliss-reactive ketones (excluding diaryl/α,β-unsaturated/α-hetero) is 1. The first kappa shape index (κ1) is 21.0. The first-order valence-electron chi connectivity index (χ1n) is 9.78. The van der Waals surface area contributed by atoms with Crippen molar-refractivity contribution < 1.29 is 19.1 Å². The molecule has 7 heteroatoms. The second kappa shape index (κ2) is 10.2. The highest BCUT2D eigenvalue weighted by atomic mass is 16.5. The number of aromatic nitrogens is 2. The highest BCUT2D eigenvalue weighted by molar-refractivity contribution is 6.01. The van der Waals surface area contributed by atoms with Crippen molar-refractivity contribution in [3.8, 4) is 5.69 Å². The third-order valence-corrected chi connectivity index (χ3v) is 4.43. The summed E-state index contributed by atoms with van der Waals surface area (Å²) in [6, 6.07) is 18.1. The van der Waals surface area contributed by atoms with E-state index in [0.29, 0.717) is 17.7 Å². The van der Waals surface area contributed by atoms with Gasteiger partial charge in [0.1, 0.15) is 5.56 Å². The maximum Gasteiger partial charge on any atom is 0.343 e. The topological polar surface area (TPSA) is 90.3 Å². The van der Waals surface area contributed by atoms with Gasteiger partial charge in [0.15, 0.2) is 11.6 Å². The molecule has 1 heterocycles. The van der Waals surface area contributed by atoms with Crippen LogP contribution in [0.2, 0.25) is 0 Å². The van der Waals surface area contributed by atoms with Crippen LogP contribution in [0.5, 0.6) is 0 Å². The molecule has 30 heavy (non-hydrogen) atoms. The molecule has 2 aromatic carbocycles. The Morgan fingerprint density at radius 3 is 2.30 bits per heavy atom. The lowest BCUT2D eigenvalue weighted by Gasteiger charge is -2.11. The number of hydrogen-bond acceptors (Lipinski definition) is 5. The molecule has 154 valence electrons. The highest BCUT2D eigenvalue weighted by Crippen LogP contribution is 2.22. The number of ether oxygens (including phenoxy) is 1. The molecule has 0 saturated carbocycles. The quantitative estimate of drug-likeness (QED) is 0.429.